The molecule has 2 heterocycles. The molecule has 0 saturated heterocycles. The fraction of sp³-hybridized carbons (Fsp3) is 0.143. The summed E-state index contributed by atoms with van der Waals surface area (Å²) in [6, 6.07) is 13.9. The molecule has 1 aliphatic rings. The lowest BCUT2D eigenvalue weighted by molar-refractivity contribution is 0.0702. The summed E-state index contributed by atoms with van der Waals surface area (Å²) in [6.07, 6.45) is 0. The Labute approximate surface area is 205 Å². The van der Waals surface area contributed by atoms with Crippen LogP contribution in [0.15, 0.2) is 64.4 Å². The number of aryl methyl sites for hydroxylation is 3. The number of carbonyl (C=O) groups is 1. The molecular formula is C28H20F2N2O4. The fourth-order valence-corrected chi connectivity index (χ4v) is 4.55. The molecule has 0 radical (unpaired) electrons. The summed E-state index contributed by atoms with van der Waals surface area (Å²) in [5.74, 6) is -3.24. The first-order chi connectivity index (χ1) is 17.2. The summed E-state index contributed by atoms with van der Waals surface area (Å²) in [7, 11) is 0. The summed E-state index contributed by atoms with van der Waals surface area (Å²) in [5, 5.41) is 10.5. The van der Waals surface area contributed by atoms with Gasteiger partial charge >= 0.3 is 5.97 Å². The zero-order valence-corrected chi connectivity index (χ0v) is 19.6. The molecule has 1 aliphatic heterocycles. The van der Waals surface area contributed by atoms with Gasteiger partial charge in [-0.05, 0) is 61.7 Å². The first-order valence-corrected chi connectivity index (χ1v) is 11.1. The van der Waals surface area contributed by atoms with Crippen molar-refractivity contribution in [2.75, 3.05) is 0 Å². The summed E-state index contributed by atoms with van der Waals surface area (Å²) in [6.45, 7) is 5.67. The van der Waals surface area contributed by atoms with Crippen molar-refractivity contribution >= 4 is 16.9 Å². The average Bonchev–Trinajstić information content (AvgIpc) is 3.16. The van der Waals surface area contributed by atoms with E-state index in [9.17, 15) is 18.8 Å². The van der Waals surface area contributed by atoms with E-state index in [-0.39, 0.29) is 28.7 Å². The van der Waals surface area contributed by atoms with Crippen LogP contribution >= 0.6 is 0 Å². The predicted octanol–water partition coefficient (Wildman–Crippen LogP) is 6.07. The van der Waals surface area contributed by atoms with Gasteiger partial charge in [-0.1, -0.05) is 18.2 Å². The minimum absolute atomic E-state index is 0.0572. The number of esters is 1. The first-order valence-electron chi connectivity index (χ1n) is 11.1. The predicted molar refractivity (Wildman–Crippen MR) is 127 cm³/mol. The second-order valence-corrected chi connectivity index (χ2v) is 8.70. The maximum Gasteiger partial charge on any atom is 0.379 e. The largest absolute Gasteiger partial charge is 0.448 e. The smallest absolute Gasteiger partial charge is 0.379 e. The van der Waals surface area contributed by atoms with Gasteiger partial charge < -0.3 is 19.6 Å². The number of fused-ring (bicyclic) bond motifs is 2. The van der Waals surface area contributed by atoms with Crippen molar-refractivity contribution in [1.29, 1.82) is 5.26 Å². The van der Waals surface area contributed by atoms with Gasteiger partial charge in [-0.2, -0.15) is 5.26 Å². The molecule has 1 atom stereocenters. The Balaban J connectivity index is 1.51. The third-order valence-electron chi connectivity index (χ3n) is 6.23. The molecule has 0 fully saturated rings. The van der Waals surface area contributed by atoms with E-state index in [4.69, 9.17) is 19.6 Å². The van der Waals surface area contributed by atoms with Crippen molar-refractivity contribution in [3.63, 3.8) is 0 Å². The zero-order chi connectivity index (χ0) is 25.7. The molecule has 1 aromatic heterocycles. The van der Waals surface area contributed by atoms with Crippen molar-refractivity contribution in [2.45, 2.75) is 26.7 Å². The Morgan fingerprint density at radius 3 is 2.56 bits per heavy atom. The lowest BCUT2D eigenvalue weighted by Crippen LogP contribution is -2.21. The summed E-state index contributed by atoms with van der Waals surface area (Å²) < 4.78 is 44.5. The quantitative estimate of drug-likeness (QED) is 0.279. The molecule has 0 spiro atoms. The van der Waals surface area contributed by atoms with E-state index in [1.807, 2.05) is 32.0 Å². The van der Waals surface area contributed by atoms with Crippen molar-refractivity contribution < 1.29 is 27.5 Å². The van der Waals surface area contributed by atoms with E-state index in [1.165, 1.54) is 18.2 Å². The van der Waals surface area contributed by atoms with Crippen LogP contribution in [0.5, 0.6) is 11.5 Å². The molecule has 180 valence electrons. The standard InChI is InChI=1S/C28H20F2N2O4/c1-13-8-14(2)25-19(9-13)15(3)26(36-25)28(33)34-17-5-6-18-23(11-17)35-27(32)20(12-31)24(18)16-4-7-21(29)22(30)10-16/h4-11,24H,32H2,1-3H3. The van der Waals surface area contributed by atoms with Crippen LogP contribution in [0, 0.1) is 43.7 Å². The number of nitrogens with two attached hydrogens (primary N) is 1. The monoisotopic (exact) mass is 486 g/mol. The van der Waals surface area contributed by atoms with Crippen molar-refractivity contribution in [3.8, 4) is 17.6 Å². The lowest BCUT2D eigenvalue weighted by Gasteiger charge is -2.26. The van der Waals surface area contributed by atoms with Gasteiger partial charge in [0.1, 0.15) is 28.7 Å². The van der Waals surface area contributed by atoms with Crippen LogP contribution in [-0.2, 0) is 0 Å². The van der Waals surface area contributed by atoms with Crippen LogP contribution in [0.4, 0.5) is 8.78 Å². The number of allylic oxidation sites excluding steroid dienone is 1. The second kappa shape index (κ2) is 8.54. The van der Waals surface area contributed by atoms with Gasteiger partial charge in [-0.25, -0.2) is 13.6 Å². The van der Waals surface area contributed by atoms with E-state index >= 15 is 0 Å². The van der Waals surface area contributed by atoms with Crippen molar-refractivity contribution in [3.05, 3.63) is 105 Å². The molecule has 36 heavy (non-hydrogen) atoms. The number of hydrogen-bond acceptors (Lipinski definition) is 6. The van der Waals surface area contributed by atoms with Crippen LogP contribution in [0.2, 0.25) is 0 Å². The van der Waals surface area contributed by atoms with Crippen LogP contribution in [0.3, 0.4) is 0 Å². The summed E-state index contributed by atoms with van der Waals surface area (Å²) in [4.78, 5) is 13.0. The fourth-order valence-electron chi connectivity index (χ4n) is 4.55. The van der Waals surface area contributed by atoms with Gasteiger partial charge in [-0.15, -0.1) is 0 Å². The number of furan rings is 1. The Kier molecular flexibility index (Phi) is 5.48. The first kappa shape index (κ1) is 23.1. The van der Waals surface area contributed by atoms with Crippen LogP contribution < -0.4 is 15.2 Å². The molecule has 2 N–H and O–H groups in total. The molecule has 5 rings (SSSR count). The van der Waals surface area contributed by atoms with Crippen LogP contribution in [0.1, 0.15) is 44.3 Å². The normalized spacial score (nSPS) is 14.8. The second-order valence-electron chi connectivity index (χ2n) is 8.70. The number of nitriles is 1. The van der Waals surface area contributed by atoms with E-state index in [0.717, 1.165) is 28.6 Å². The van der Waals surface area contributed by atoms with Gasteiger partial charge in [0, 0.05) is 22.6 Å². The number of rotatable bonds is 3. The van der Waals surface area contributed by atoms with Gasteiger partial charge in [-0.3, -0.25) is 0 Å². The van der Waals surface area contributed by atoms with Gasteiger partial charge in [0.2, 0.25) is 11.6 Å². The summed E-state index contributed by atoms with van der Waals surface area (Å²) >= 11 is 0. The van der Waals surface area contributed by atoms with Gasteiger partial charge in [0.15, 0.2) is 11.6 Å². The highest BCUT2D eigenvalue weighted by Gasteiger charge is 2.32. The van der Waals surface area contributed by atoms with E-state index in [2.05, 4.69) is 0 Å². The molecule has 0 bridgehead atoms. The number of halogens is 2. The molecule has 1 unspecified atom stereocenters. The van der Waals surface area contributed by atoms with Crippen molar-refractivity contribution in [2.24, 2.45) is 5.73 Å². The molecule has 6 nitrogen and oxygen atoms in total. The highest BCUT2D eigenvalue weighted by Crippen LogP contribution is 2.43. The van der Waals surface area contributed by atoms with Crippen molar-refractivity contribution in [1.82, 2.24) is 0 Å². The highest BCUT2D eigenvalue weighted by atomic mass is 19.2. The SMILES string of the molecule is Cc1cc(C)c2oc(C(=O)Oc3ccc4c(c3)OC(N)=C(C#N)C4c3ccc(F)c(F)c3)c(C)c2c1. The molecule has 0 amide bonds. The minimum atomic E-state index is -1.05. The van der Waals surface area contributed by atoms with E-state index < -0.39 is 23.5 Å². The molecule has 0 aliphatic carbocycles. The Morgan fingerprint density at radius 1 is 1.06 bits per heavy atom. The number of carbonyl (C=O) groups excluding carboxylic acids is 1. The number of benzene rings is 3. The average molecular weight is 486 g/mol. The Bertz CT molecular complexity index is 1650. The maximum absolute atomic E-state index is 14.0. The topological polar surface area (TPSA) is 98.5 Å². The Morgan fingerprint density at radius 2 is 1.83 bits per heavy atom. The molecule has 0 saturated carbocycles. The lowest BCUT2D eigenvalue weighted by atomic mass is 9.83. The maximum atomic E-state index is 14.0. The Hall–Kier alpha value is -4.64. The van der Waals surface area contributed by atoms with E-state index in [0.29, 0.717) is 22.3 Å². The highest BCUT2D eigenvalue weighted by molar-refractivity contribution is 5.97. The van der Waals surface area contributed by atoms with Crippen LogP contribution in [0.25, 0.3) is 11.0 Å². The molecule has 4 aromatic rings. The number of nitrogens with zero attached hydrogens (tertiary/aromatic N) is 1. The third kappa shape index (κ3) is 3.75. The third-order valence-corrected chi connectivity index (χ3v) is 6.23. The molecule has 3 aromatic carbocycles. The van der Waals surface area contributed by atoms with Gasteiger partial charge in [0.05, 0.1) is 5.92 Å². The molecular weight excluding hydrogens is 466 g/mol. The zero-order valence-electron chi connectivity index (χ0n) is 19.6. The minimum Gasteiger partial charge on any atom is -0.448 e. The van der Waals surface area contributed by atoms with Gasteiger partial charge in [0.25, 0.3) is 0 Å². The summed E-state index contributed by atoms with van der Waals surface area (Å²) in [5.41, 5.74) is 10.1. The number of ether oxygens (including phenoxy) is 2. The number of hydrogen-bond donors (Lipinski definition) is 1. The molecule has 8 heteroatoms. The van der Waals surface area contributed by atoms with Crippen LogP contribution in [-0.4, -0.2) is 5.97 Å². The van der Waals surface area contributed by atoms with E-state index in [1.54, 1.807) is 13.0 Å².